The highest BCUT2D eigenvalue weighted by Gasteiger charge is 2.16. The summed E-state index contributed by atoms with van der Waals surface area (Å²) >= 11 is 3.49. The van der Waals surface area contributed by atoms with Gasteiger partial charge in [0.05, 0.1) is 13.2 Å². The Labute approximate surface area is 135 Å². The second kappa shape index (κ2) is 9.02. The number of benzene rings is 1. The van der Waals surface area contributed by atoms with E-state index in [1.54, 1.807) is 7.11 Å². The van der Waals surface area contributed by atoms with E-state index in [1.165, 1.54) is 0 Å². The van der Waals surface area contributed by atoms with E-state index in [0.29, 0.717) is 13.2 Å². The lowest BCUT2D eigenvalue weighted by Gasteiger charge is -2.30. The molecule has 118 valence electrons. The number of hydrogen-bond donors (Lipinski definition) is 2. The van der Waals surface area contributed by atoms with E-state index in [1.807, 2.05) is 30.9 Å². The standard InChI is InChI=1S/C15H24BrN3O2/c1-11(2)19(10-15(17)20)14-8-13(16)5-4-12(14)9-18-6-7-21-3/h4-5,8,11,18H,6-7,9-10H2,1-3H3,(H2,17,20). The number of primary amides is 1. The number of halogens is 1. The van der Waals surface area contributed by atoms with Gasteiger partial charge in [-0.25, -0.2) is 0 Å². The molecule has 1 aromatic carbocycles. The molecule has 0 bridgehead atoms. The molecule has 0 aliphatic rings. The van der Waals surface area contributed by atoms with Gasteiger partial charge in [-0.15, -0.1) is 0 Å². The SMILES string of the molecule is COCCNCc1ccc(Br)cc1N(CC(N)=O)C(C)C. The second-order valence-electron chi connectivity index (χ2n) is 5.13. The molecular weight excluding hydrogens is 334 g/mol. The van der Waals surface area contributed by atoms with Crippen LogP contribution >= 0.6 is 15.9 Å². The van der Waals surface area contributed by atoms with Gasteiger partial charge in [0.15, 0.2) is 0 Å². The summed E-state index contributed by atoms with van der Waals surface area (Å²) < 4.78 is 6.01. The Morgan fingerprint density at radius 1 is 1.48 bits per heavy atom. The van der Waals surface area contributed by atoms with Gasteiger partial charge in [-0.05, 0) is 31.5 Å². The quantitative estimate of drug-likeness (QED) is 0.662. The van der Waals surface area contributed by atoms with Gasteiger partial charge < -0.3 is 20.7 Å². The summed E-state index contributed by atoms with van der Waals surface area (Å²) in [5.41, 5.74) is 7.52. The summed E-state index contributed by atoms with van der Waals surface area (Å²) in [5.74, 6) is -0.332. The Morgan fingerprint density at radius 3 is 2.76 bits per heavy atom. The van der Waals surface area contributed by atoms with Gasteiger partial charge in [0.25, 0.3) is 0 Å². The average Bonchev–Trinajstić information content (AvgIpc) is 2.42. The molecule has 6 heteroatoms. The minimum atomic E-state index is -0.332. The van der Waals surface area contributed by atoms with Crippen LogP contribution in [0, 0.1) is 0 Å². The number of hydrogen-bond acceptors (Lipinski definition) is 4. The maximum Gasteiger partial charge on any atom is 0.236 e. The van der Waals surface area contributed by atoms with Gasteiger partial charge in [0.1, 0.15) is 0 Å². The Kier molecular flexibility index (Phi) is 7.71. The first-order valence-corrected chi connectivity index (χ1v) is 7.78. The summed E-state index contributed by atoms with van der Waals surface area (Å²) in [6, 6.07) is 6.26. The fraction of sp³-hybridized carbons (Fsp3) is 0.533. The zero-order valence-corrected chi connectivity index (χ0v) is 14.4. The molecule has 3 N–H and O–H groups in total. The van der Waals surface area contributed by atoms with E-state index < -0.39 is 0 Å². The first-order valence-electron chi connectivity index (χ1n) is 6.98. The van der Waals surface area contributed by atoms with Gasteiger partial charge in [-0.1, -0.05) is 22.0 Å². The van der Waals surface area contributed by atoms with Gasteiger partial charge in [0.2, 0.25) is 5.91 Å². The fourth-order valence-corrected chi connectivity index (χ4v) is 2.41. The highest BCUT2D eigenvalue weighted by molar-refractivity contribution is 9.10. The van der Waals surface area contributed by atoms with Crippen molar-refractivity contribution in [2.24, 2.45) is 5.73 Å². The summed E-state index contributed by atoms with van der Waals surface area (Å²) in [7, 11) is 1.68. The first-order chi connectivity index (χ1) is 9.95. The van der Waals surface area contributed by atoms with Gasteiger partial charge in [-0.3, -0.25) is 4.79 Å². The number of nitrogens with two attached hydrogens (primary N) is 1. The van der Waals surface area contributed by atoms with Crippen molar-refractivity contribution in [3.05, 3.63) is 28.2 Å². The monoisotopic (exact) mass is 357 g/mol. The van der Waals surface area contributed by atoms with Crippen LogP contribution in [-0.4, -0.2) is 38.8 Å². The molecule has 0 unspecified atom stereocenters. The van der Waals surface area contributed by atoms with Crippen LogP contribution in [0.2, 0.25) is 0 Å². The smallest absolute Gasteiger partial charge is 0.236 e. The molecule has 0 spiro atoms. The molecular formula is C15H24BrN3O2. The molecule has 0 heterocycles. The predicted octanol–water partition coefficient (Wildman–Crippen LogP) is 1.89. The topological polar surface area (TPSA) is 67.6 Å². The Morgan fingerprint density at radius 2 is 2.19 bits per heavy atom. The lowest BCUT2D eigenvalue weighted by molar-refractivity contribution is -0.116. The third-order valence-corrected chi connectivity index (χ3v) is 3.60. The number of anilines is 1. The largest absolute Gasteiger partial charge is 0.383 e. The van der Waals surface area contributed by atoms with Crippen LogP contribution in [0.3, 0.4) is 0 Å². The third-order valence-electron chi connectivity index (χ3n) is 3.10. The summed E-state index contributed by atoms with van der Waals surface area (Å²) in [6.45, 7) is 6.47. The summed E-state index contributed by atoms with van der Waals surface area (Å²) in [5, 5.41) is 3.33. The van der Waals surface area contributed by atoms with Crippen molar-refractivity contribution in [3.63, 3.8) is 0 Å². The molecule has 0 saturated heterocycles. The normalized spacial score (nSPS) is 10.9. The van der Waals surface area contributed by atoms with Crippen molar-refractivity contribution in [2.75, 3.05) is 31.7 Å². The third kappa shape index (κ3) is 6.03. The molecule has 1 aromatic rings. The van der Waals surface area contributed by atoms with E-state index in [9.17, 15) is 4.79 Å². The Balaban J connectivity index is 2.95. The van der Waals surface area contributed by atoms with Crippen LogP contribution in [0.5, 0.6) is 0 Å². The number of carbonyl (C=O) groups excluding carboxylic acids is 1. The van der Waals surface area contributed by atoms with Crippen molar-refractivity contribution >= 4 is 27.5 Å². The van der Waals surface area contributed by atoms with E-state index in [4.69, 9.17) is 10.5 Å². The number of ether oxygens (including phenoxy) is 1. The first kappa shape index (κ1) is 17.9. The lowest BCUT2D eigenvalue weighted by atomic mass is 10.1. The molecule has 0 saturated carbocycles. The minimum Gasteiger partial charge on any atom is -0.383 e. The Bertz CT molecular complexity index is 466. The van der Waals surface area contributed by atoms with Crippen LogP contribution < -0.4 is 16.0 Å². The van der Waals surface area contributed by atoms with E-state index in [2.05, 4.69) is 27.3 Å². The van der Waals surface area contributed by atoms with Crippen LogP contribution in [0.4, 0.5) is 5.69 Å². The number of rotatable bonds is 9. The molecule has 21 heavy (non-hydrogen) atoms. The van der Waals surface area contributed by atoms with Crippen molar-refractivity contribution in [1.29, 1.82) is 0 Å². The Hall–Kier alpha value is -1.11. The van der Waals surface area contributed by atoms with E-state index in [0.717, 1.165) is 22.3 Å². The molecule has 0 aromatic heterocycles. The maximum atomic E-state index is 11.3. The number of methoxy groups -OCH3 is 1. The molecule has 0 fully saturated rings. The number of nitrogens with zero attached hydrogens (tertiary/aromatic N) is 1. The van der Waals surface area contributed by atoms with Gasteiger partial charge >= 0.3 is 0 Å². The van der Waals surface area contributed by atoms with Gasteiger partial charge in [-0.2, -0.15) is 0 Å². The summed E-state index contributed by atoms with van der Waals surface area (Å²) in [6.07, 6.45) is 0. The predicted molar refractivity (Wildman–Crippen MR) is 89.4 cm³/mol. The van der Waals surface area contributed by atoms with Crippen LogP contribution in [0.15, 0.2) is 22.7 Å². The molecule has 0 aliphatic carbocycles. The fourth-order valence-electron chi connectivity index (χ4n) is 2.06. The second-order valence-corrected chi connectivity index (χ2v) is 6.05. The van der Waals surface area contributed by atoms with Crippen LogP contribution in [-0.2, 0) is 16.1 Å². The summed E-state index contributed by atoms with van der Waals surface area (Å²) in [4.78, 5) is 13.3. The zero-order valence-electron chi connectivity index (χ0n) is 12.9. The van der Waals surface area contributed by atoms with E-state index >= 15 is 0 Å². The van der Waals surface area contributed by atoms with Crippen molar-refractivity contribution < 1.29 is 9.53 Å². The molecule has 0 aliphatic heterocycles. The number of nitrogens with one attached hydrogen (secondary N) is 1. The van der Waals surface area contributed by atoms with E-state index in [-0.39, 0.29) is 18.5 Å². The zero-order chi connectivity index (χ0) is 15.8. The van der Waals surface area contributed by atoms with Crippen molar-refractivity contribution in [3.8, 4) is 0 Å². The highest BCUT2D eigenvalue weighted by atomic mass is 79.9. The number of amides is 1. The molecule has 0 radical (unpaired) electrons. The van der Waals surface area contributed by atoms with Crippen LogP contribution in [0.1, 0.15) is 19.4 Å². The molecule has 5 nitrogen and oxygen atoms in total. The van der Waals surface area contributed by atoms with Crippen LogP contribution in [0.25, 0.3) is 0 Å². The lowest BCUT2D eigenvalue weighted by Crippen LogP contribution is -2.39. The minimum absolute atomic E-state index is 0.185. The highest BCUT2D eigenvalue weighted by Crippen LogP contribution is 2.26. The molecule has 0 atom stereocenters. The number of carbonyl (C=O) groups is 1. The molecule has 1 amide bonds. The maximum absolute atomic E-state index is 11.3. The average molecular weight is 358 g/mol. The molecule has 1 rings (SSSR count). The van der Waals surface area contributed by atoms with Crippen molar-refractivity contribution in [2.45, 2.75) is 26.4 Å². The van der Waals surface area contributed by atoms with Crippen molar-refractivity contribution in [1.82, 2.24) is 5.32 Å². The van der Waals surface area contributed by atoms with Gasteiger partial charge in [0, 0.05) is 36.4 Å².